The van der Waals surface area contributed by atoms with E-state index in [9.17, 15) is 13.5 Å². The molecule has 3 heterocycles. The first-order valence-electron chi connectivity index (χ1n) is 7.95. The van der Waals surface area contributed by atoms with Crippen LogP contribution in [0.15, 0.2) is 26.3 Å². The summed E-state index contributed by atoms with van der Waals surface area (Å²) < 4.78 is 39.2. The summed E-state index contributed by atoms with van der Waals surface area (Å²) in [5.41, 5.74) is 1.36. The highest BCUT2D eigenvalue weighted by molar-refractivity contribution is 7.91. The van der Waals surface area contributed by atoms with E-state index in [1.54, 1.807) is 6.26 Å². The van der Waals surface area contributed by atoms with Crippen LogP contribution in [0.5, 0.6) is 5.75 Å². The van der Waals surface area contributed by atoms with Gasteiger partial charge in [-0.3, -0.25) is 0 Å². The van der Waals surface area contributed by atoms with Crippen LogP contribution in [0.4, 0.5) is 17.3 Å². The van der Waals surface area contributed by atoms with Gasteiger partial charge in [-0.05, 0) is 18.1 Å². The Labute approximate surface area is 165 Å². The van der Waals surface area contributed by atoms with Gasteiger partial charge in [-0.2, -0.15) is 8.75 Å². The van der Waals surface area contributed by atoms with E-state index in [4.69, 9.17) is 4.42 Å². The smallest absolute Gasteiger partial charge is 0.255 e. The number of furan rings is 1. The standard InChI is InChI=1S/C15H19N5O4S3/c1-4-9-5-10(24-7-9)6-16-13-14(19-26-18-13)17-11-8-25-15(12(11)21)27(22,23)20(2)3/h5,7-8,21H,4,6H2,1-3H3,(H,16,18)(H,17,19). The van der Waals surface area contributed by atoms with Crippen molar-refractivity contribution in [3.05, 3.63) is 29.0 Å². The first-order chi connectivity index (χ1) is 12.8. The summed E-state index contributed by atoms with van der Waals surface area (Å²) >= 11 is 1.93. The molecular formula is C15H19N5O4S3. The molecule has 9 nitrogen and oxygen atoms in total. The highest BCUT2D eigenvalue weighted by Crippen LogP contribution is 2.40. The molecule has 0 spiro atoms. The number of aromatic nitrogens is 2. The maximum atomic E-state index is 12.2. The second kappa shape index (κ2) is 7.84. The molecule has 12 heteroatoms. The summed E-state index contributed by atoms with van der Waals surface area (Å²) in [6, 6.07) is 1.96. The molecular weight excluding hydrogens is 410 g/mol. The van der Waals surface area contributed by atoms with Gasteiger partial charge in [0.2, 0.25) is 0 Å². The molecule has 146 valence electrons. The number of nitrogens with zero attached hydrogens (tertiary/aromatic N) is 3. The largest absolute Gasteiger partial charge is 0.504 e. The molecule has 0 aliphatic carbocycles. The third-order valence-electron chi connectivity index (χ3n) is 3.74. The average molecular weight is 430 g/mol. The minimum atomic E-state index is -3.72. The Morgan fingerprint density at radius 3 is 2.70 bits per heavy atom. The Hall–Kier alpha value is -2.15. The Kier molecular flexibility index (Phi) is 5.69. The minimum absolute atomic E-state index is 0.129. The third-order valence-corrected chi connectivity index (χ3v) is 7.57. The summed E-state index contributed by atoms with van der Waals surface area (Å²) in [4.78, 5) is 0. The number of hydrogen-bond acceptors (Lipinski definition) is 10. The van der Waals surface area contributed by atoms with Crippen molar-refractivity contribution in [1.29, 1.82) is 0 Å². The Morgan fingerprint density at radius 2 is 2.04 bits per heavy atom. The quantitative estimate of drug-likeness (QED) is 0.500. The number of sulfonamides is 1. The van der Waals surface area contributed by atoms with Crippen LogP contribution in [0.25, 0.3) is 0 Å². The van der Waals surface area contributed by atoms with E-state index in [-0.39, 0.29) is 15.6 Å². The first kappa shape index (κ1) is 19.6. The fraction of sp³-hybridized carbons (Fsp3) is 0.333. The fourth-order valence-corrected chi connectivity index (χ4v) is 5.03. The molecule has 3 aromatic rings. The van der Waals surface area contributed by atoms with Crippen LogP contribution in [0.1, 0.15) is 18.2 Å². The van der Waals surface area contributed by atoms with Crippen LogP contribution in [-0.4, -0.2) is 40.7 Å². The van der Waals surface area contributed by atoms with E-state index in [1.807, 2.05) is 13.0 Å². The van der Waals surface area contributed by atoms with Crippen LogP contribution in [0.3, 0.4) is 0 Å². The summed E-state index contributed by atoms with van der Waals surface area (Å²) in [5, 5.41) is 17.9. The van der Waals surface area contributed by atoms with Gasteiger partial charge < -0.3 is 20.2 Å². The average Bonchev–Trinajstić information content (AvgIpc) is 3.34. The number of hydrogen-bond donors (Lipinski definition) is 3. The van der Waals surface area contributed by atoms with E-state index < -0.39 is 10.0 Å². The van der Waals surface area contributed by atoms with Crippen molar-refractivity contribution < 1.29 is 17.9 Å². The fourth-order valence-electron chi connectivity index (χ4n) is 2.16. The summed E-state index contributed by atoms with van der Waals surface area (Å²) in [7, 11) is -0.903. The van der Waals surface area contributed by atoms with E-state index in [0.717, 1.165) is 45.1 Å². The van der Waals surface area contributed by atoms with Gasteiger partial charge in [0.25, 0.3) is 10.0 Å². The van der Waals surface area contributed by atoms with Crippen LogP contribution in [0, 0.1) is 0 Å². The predicted octanol–water partition coefficient (Wildman–Crippen LogP) is 3.07. The summed E-state index contributed by atoms with van der Waals surface area (Å²) in [5.74, 6) is 1.30. The molecule has 3 rings (SSSR count). The molecule has 3 aromatic heterocycles. The number of aromatic hydroxyl groups is 1. The zero-order valence-electron chi connectivity index (χ0n) is 14.9. The number of aryl methyl sites for hydroxylation is 1. The van der Waals surface area contributed by atoms with Crippen LogP contribution in [0.2, 0.25) is 0 Å². The molecule has 0 aliphatic heterocycles. The van der Waals surface area contributed by atoms with Crippen molar-refractivity contribution in [2.24, 2.45) is 0 Å². The molecule has 0 aliphatic rings. The van der Waals surface area contributed by atoms with E-state index in [0.29, 0.717) is 18.2 Å². The van der Waals surface area contributed by atoms with E-state index in [2.05, 4.69) is 19.4 Å². The van der Waals surface area contributed by atoms with E-state index >= 15 is 0 Å². The van der Waals surface area contributed by atoms with Crippen molar-refractivity contribution in [2.45, 2.75) is 24.1 Å². The van der Waals surface area contributed by atoms with Crippen molar-refractivity contribution >= 4 is 50.4 Å². The Bertz CT molecular complexity index is 1020. The molecule has 0 amide bonds. The molecule has 27 heavy (non-hydrogen) atoms. The molecule has 0 atom stereocenters. The lowest BCUT2D eigenvalue weighted by molar-refractivity contribution is 0.460. The normalized spacial score (nSPS) is 11.9. The molecule has 0 fully saturated rings. The van der Waals surface area contributed by atoms with Crippen molar-refractivity contribution in [1.82, 2.24) is 13.1 Å². The van der Waals surface area contributed by atoms with Gasteiger partial charge in [-0.15, -0.1) is 11.3 Å². The van der Waals surface area contributed by atoms with Crippen molar-refractivity contribution in [3.63, 3.8) is 0 Å². The SMILES string of the molecule is CCc1coc(CNc2nsnc2Nc2csc(S(=O)(=O)N(C)C)c2O)c1. The zero-order valence-corrected chi connectivity index (χ0v) is 17.3. The van der Waals surface area contributed by atoms with Crippen molar-refractivity contribution in [3.8, 4) is 5.75 Å². The number of nitrogens with one attached hydrogen (secondary N) is 2. The summed E-state index contributed by atoms with van der Waals surface area (Å²) in [6.45, 7) is 2.47. The van der Waals surface area contributed by atoms with Crippen LogP contribution >= 0.6 is 23.1 Å². The highest BCUT2D eigenvalue weighted by Gasteiger charge is 2.26. The predicted molar refractivity (Wildman–Crippen MR) is 105 cm³/mol. The lowest BCUT2D eigenvalue weighted by Gasteiger charge is -2.10. The molecule has 0 saturated carbocycles. The monoisotopic (exact) mass is 429 g/mol. The Morgan fingerprint density at radius 1 is 1.30 bits per heavy atom. The molecule has 0 aromatic carbocycles. The van der Waals surface area contributed by atoms with Gasteiger partial charge in [0, 0.05) is 19.5 Å². The number of rotatable bonds is 8. The highest BCUT2D eigenvalue weighted by atomic mass is 32.2. The third kappa shape index (κ3) is 4.08. The van der Waals surface area contributed by atoms with Gasteiger partial charge in [0.15, 0.2) is 21.6 Å². The van der Waals surface area contributed by atoms with Gasteiger partial charge in [0.05, 0.1) is 30.2 Å². The number of thiophene rings is 1. The second-order valence-electron chi connectivity index (χ2n) is 5.79. The lowest BCUT2D eigenvalue weighted by atomic mass is 10.2. The van der Waals surface area contributed by atoms with Crippen molar-refractivity contribution in [2.75, 3.05) is 24.7 Å². The summed E-state index contributed by atoms with van der Waals surface area (Å²) in [6.07, 6.45) is 2.61. The van der Waals surface area contributed by atoms with Gasteiger partial charge in [-0.25, -0.2) is 12.7 Å². The molecule has 0 radical (unpaired) electrons. The maximum absolute atomic E-state index is 12.2. The molecule has 0 unspecified atom stereocenters. The Balaban J connectivity index is 1.74. The molecule has 0 bridgehead atoms. The van der Waals surface area contributed by atoms with E-state index in [1.165, 1.54) is 19.5 Å². The van der Waals surface area contributed by atoms with Crippen LogP contribution in [-0.2, 0) is 23.0 Å². The topological polar surface area (TPSA) is 121 Å². The van der Waals surface area contributed by atoms with Crippen LogP contribution < -0.4 is 10.6 Å². The number of anilines is 3. The second-order valence-corrected chi connectivity index (χ2v) is 9.54. The maximum Gasteiger partial charge on any atom is 0.255 e. The van der Waals surface area contributed by atoms with Gasteiger partial charge in [0.1, 0.15) is 5.76 Å². The molecule has 0 saturated heterocycles. The zero-order chi connectivity index (χ0) is 19.6. The first-order valence-corrected chi connectivity index (χ1v) is 11.0. The lowest BCUT2D eigenvalue weighted by Crippen LogP contribution is -2.21. The van der Waals surface area contributed by atoms with Gasteiger partial charge >= 0.3 is 0 Å². The van der Waals surface area contributed by atoms with Gasteiger partial charge in [-0.1, -0.05) is 6.92 Å². The molecule has 3 N–H and O–H groups in total. The minimum Gasteiger partial charge on any atom is -0.504 e.